The Morgan fingerprint density at radius 2 is 1.58 bits per heavy atom. The Balaban J connectivity index is 1.55. The molecule has 5 heteroatoms. The third-order valence-electron chi connectivity index (χ3n) is 4.20. The summed E-state index contributed by atoms with van der Waals surface area (Å²) in [6.45, 7) is 0.438. The zero-order valence-corrected chi connectivity index (χ0v) is 14.4. The van der Waals surface area contributed by atoms with E-state index in [2.05, 4.69) is 22.8 Å². The van der Waals surface area contributed by atoms with E-state index in [-0.39, 0.29) is 11.8 Å². The van der Waals surface area contributed by atoms with Crippen molar-refractivity contribution >= 4 is 23.6 Å². The minimum absolute atomic E-state index is 0.176. The molecule has 124 valence electrons. The van der Waals surface area contributed by atoms with Crippen LogP contribution in [-0.2, 0) is 16.1 Å². The molecule has 0 saturated heterocycles. The van der Waals surface area contributed by atoms with Crippen LogP contribution in [-0.4, -0.2) is 18.9 Å². The van der Waals surface area contributed by atoms with Crippen molar-refractivity contribution in [2.45, 2.75) is 29.2 Å². The van der Waals surface area contributed by atoms with Gasteiger partial charge in [-0.2, -0.15) is 0 Å². The molecule has 0 aliphatic heterocycles. The fourth-order valence-corrected chi connectivity index (χ4v) is 3.41. The van der Waals surface area contributed by atoms with E-state index in [1.165, 1.54) is 4.90 Å². The van der Waals surface area contributed by atoms with Gasteiger partial charge in [0.1, 0.15) is 5.41 Å². The molecule has 2 amide bonds. The number of benzene rings is 2. The molecule has 2 aromatic carbocycles. The lowest BCUT2D eigenvalue weighted by Crippen LogP contribution is -2.41. The van der Waals surface area contributed by atoms with Crippen LogP contribution in [0.25, 0.3) is 0 Å². The van der Waals surface area contributed by atoms with Crippen molar-refractivity contribution in [3.8, 4) is 0 Å². The number of amides is 2. The second kappa shape index (κ2) is 7.09. The molecular weight excluding hydrogens is 320 g/mol. The van der Waals surface area contributed by atoms with Gasteiger partial charge in [0.05, 0.1) is 0 Å². The maximum absolute atomic E-state index is 12.2. The Kier molecular flexibility index (Phi) is 4.90. The lowest BCUT2D eigenvalue weighted by atomic mass is 10.1. The smallest absolute Gasteiger partial charge is 0.235 e. The summed E-state index contributed by atoms with van der Waals surface area (Å²) < 4.78 is 0. The summed E-state index contributed by atoms with van der Waals surface area (Å²) in [6.07, 6.45) is 1.26. The molecule has 0 atom stereocenters. The summed E-state index contributed by atoms with van der Waals surface area (Å²) in [5, 5.41) is 5.45. The quantitative estimate of drug-likeness (QED) is 0.795. The maximum Gasteiger partial charge on any atom is 0.235 e. The molecule has 0 spiro atoms. The maximum atomic E-state index is 12.2. The number of nitrogens with one attached hydrogen (secondary N) is 2. The highest BCUT2D eigenvalue weighted by Gasteiger charge is 2.55. The summed E-state index contributed by atoms with van der Waals surface area (Å²) in [6, 6.07) is 18.3. The second-order valence-electron chi connectivity index (χ2n) is 5.90. The first-order valence-corrected chi connectivity index (χ1v) is 8.78. The summed E-state index contributed by atoms with van der Waals surface area (Å²) in [5.74, 6) is -0.362. The number of carbonyl (C=O) groups is 2. The summed E-state index contributed by atoms with van der Waals surface area (Å²) in [5.41, 5.74) is 0.186. The average Bonchev–Trinajstić information content (AvgIpc) is 3.43. The Morgan fingerprint density at radius 1 is 0.958 bits per heavy atom. The zero-order chi connectivity index (χ0) is 17.0. The molecular formula is C19H20N2O2S. The highest BCUT2D eigenvalue weighted by molar-refractivity contribution is 7.99. The Hall–Kier alpha value is -2.27. The zero-order valence-electron chi connectivity index (χ0n) is 13.5. The number of carbonyl (C=O) groups excluding carboxylic acids is 2. The van der Waals surface area contributed by atoms with Crippen molar-refractivity contribution in [2.24, 2.45) is 5.41 Å². The Labute approximate surface area is 146 Å². The van der Waals surface area contributed by atoms with Crippen molar-refractivity contribution < 1.29 is 9.59 Å². The van der Waals surface area contributed by atoms with Crippen molar-refractivity contribution in [3.05, 3.63) is 60.2 Å². The SMILES string of the molecule is CNC(=O)C1(C(=O)NCc2ccc(Sc3ccccc3)cc2)CC1. The molecule has 0 aromatic heterocycles. The summed E-state index contributed by atoms with van der Waals surface area (Å²) in [7, 11) is 1.57. The lowest BCUT2D eigenvalue weighted by molar-refractivity contribution is -0.137. The van der Waals surface area contributed by atoms with Gasteiger partial charge in [0.15, 0.2) is 0 Å². The van der Waals surface area contributed by atoms with Crippen molar-refractivity contribution in [1.29, 1.82) is 0 Å². The van der Waals surface area contributed by atoms with E-state index in [0.717, 1.165) is 10.5 Å². The van der Waals surface area contributed by atoms with E-state index in [9.17, 15) is 9.59 Å². The molecule has 2 aromatic rings. The van der Waals surface area contributed by atoms with E-state index in [1.54, 1.807) is 18.8 Å². The van der Waals surface area contributed by atoms with Gasteiger partial charge in [-0.3, -0.25) is 9.59 Å². The number of hydrogen-bond donors (Lipinski definition) is 2. The molecule has 0 radical (unpaired) electrons. The lowest BCUT2D eigenvalue weighted by Gasteiger charge is -2.13. The van der Waals surface area contributed by atoms with E-state index in [1.807, 2.05) is 42.5 Å². The molecule has 1 aliphatic carbocycles. The van der Waals surface area contributed by atoms with Crippen LogP contribution >= 0.6 is 11.8 Å². The van der Waals surface area contributed by atoms with Crippen LogP contribution in [0.5, 0.6) is 0 Å². The fourth-order valence-electron chi connectivity index (χ4n) is 2.57. The van der Waals surface area contributed by atoms with Gasteiger partial charge in [-0.15, -0.1) is 0 Å². The van der Waals surface area contributed by atoms with Crippen LogP contribution in [0.3, 0.4) is 0 Å². The largest absolute Gasteiger partial charge is 0.358 e. The van der Waals surface area contributed by atoms with Crippen LogP contribution in [0, 0.1) is 5.41 Å². The summed E-state index contributed by atoms with van der Waals surface area (Å²) in [4.78, 5) is 26.4. The van der Waals surface area contributed by atoms with Crippen LogP contribution in [0.1, 0.15) is 18.4 Å². The second-order valence-corrected chi connectivity index (χ2v) is 7.05. The van der Waals surface area contributed by atoms with Gasteiger partial charge < -0.3 is 10.6 Å². The topological polar surface area (TPSA) is 58.2 Å². The number of rotatable bonds is 6. The third kappa shape index (κ3) is 3.62. The molecule has 4 nitrogen and oxygen atoms in total. The number of hydrogen-bond acceptors (Lipinski definition) is 3. The fraction of sp³-hybridized carbons (Fsp3) is 0.263. The Bertz CT molecular complexity index is 725. The minimum atomic E-state index is -0.835. The Morgan fingerprint density at radius 3 is 2.17 bits per heavy atom. The van der Waals surface area contributed by atoms with Gasteiger partial charge in [-0.05, 0) is 42.7 Å². The van der Waals surface area contributed by atoms with E-state index < -0.39 is 5.41 Å². The van der Waals surface area contributed by atoms with E-state index in [4.69, 9.17) is 0 Å². The molecule has 1 aliphatic rings. The normalized spacial score (nSPS) is 14.7. The van der Waals surface area contributed by atoms with Crippen LogP contribution in [0.2, 0.25) is 0 Å². The molecule has 0 heterocycles. The standard InChI is InChI=1S/C19H20N2O2S/c1-20-17(22)19(11-12-19)18(23)21-13-14-7-9-16(10-8-14)24-15-5-3-2-4-6-15/h2-10H,11-13H2,1H3,(H,20,22)(H,21,23). The van der Waals surface area contributed by atoms with Crippen molar-refractivity contribution in [2.75, 3.05) is 7.05 Å². The van der Waals surface area contributed by atoms with Crippen LogP contribution in [0.4, 0.5) is 0 Å². The minimum Gasteiger partial charge on any atom is -0.358 e. The first-order chi connectivity index (χ1) is 11.6. The first-order valence-electron chi connectivity index (χ1n) is 7.96. The average molecular weight is 340 g/mol. The highest BCUT2D eigenvalue weighted by atomic mass is 32.2. The molecule has 3 rings (SSSR count). The monoisotopic (exact) mass is 340 g/mol. The van der Waals surface area contributed by atoms with Gasteiger partial charge in [0.25, 0.3) is 0 Å². The third-order valence-corrected chi connectivity index (χ3v) is 5.22. The van der Waals surface area contributed by atoms with Crippen LogP contribution < -0.4 is 10.6 Å². The molecule has 2 N–H and O–H groups in total. The van der Waals surface area contributed by atoms with Gasteiger partial charge >= 0.3 is 0 Å². The van der Waals surface area contributed by atoms with Gasteiger partial charge in [0.2, 0.25) is 11.8 Å². The van der Waals surface area contributed by atoms with E-state index in [0.29, 0.717) is 19.4 Å². The predicted molar refractivity (Wildman–Crippen MR) is 94.6 cm³/mol. The van der Waals surface area contributed by atoms with Gasteiger partial charge in [-0.25, -0.2) is 0 Å². The van der Waals surface area contributed by atoms with E-state index >= 15 is 0 Å². The molecule has 24 heavy (non-hydrogen) atoms. The predicted octanol–water partition coefficient (Wildman–Crippen LogP) is 2.98. The van der Waals surface area contributed by atoms with Crippen molar-refractivity contribution in [3.63, 3.8) is 0 Å². The molecule has 0 unspecified atom stereocenters. The highest BCUT2D eigenvalue weighted by Crippen LogP contribution is 2.46. The molecule has 1 fully saturated rings. The molecule has 1 saturated carbocycles. The summed E-state index contributed by atoms with van der Waals surface area (Å²) >= 11 is 1.70. The van der Waals surface area contributed by atoms with Gasteiger partial charge in [-0.1, -0.05) is 42.1 Å². The van der Waals surface area contributed by atoms with Crippen molar-refractivity contribution in [1.82, 2.24) is 10.6 Å². The van der Waals surface area contributed by atoms with Gasteiger partial charge in [0, 0.05) is 23.4 Å². The molecule has 0 bridgehead atoms. The van der Waals surface area contributed by atoms with Crippen LogP contribution in [0.15, 0.2) is 64.4 Å². The first kappa shape index (κ1) is 16.6.